The first-order valence-corrected chi connectivity index (χ1v) is 9.58. The van der Waals surface area contributed by atoms with Crippen molar-refractivity contribution >= 4 is 27.5 Å². The van der Waals surface area contributed by atoms with Crippen LogP contribution in [0.5, 0.6) is 0 Å². The van der Waals surface area contributed by atoms with Gasteiger partial charge in [0.1, 0.15) is 6.04 Å². The normalized spacial score (nSPS) is 21.1. The maximum atomic E-state index is 12.6. The molecule has 1 atom stereocenters. The van der Waals surface area contributed by atoms with E-state index in [2.05, 4.69) is 10.0 Å². The van der Waals surface area contributed by atoms with E-state index < -0.39 is 16.1 Å². The van der Waals surface area contributed by atoms with Crippen molar-refractivity contribution in [2.45, 2.75) is 43.5 Å². The summed E-state index contributed by atoms with van der Waals surface area (Å²) < 4.78 is 27.7. The van der Waals surface area contributed by atoms with Gasteiger partial charge in [0.05, 0.1) is 4.90 Å². The Hall–Kier alpha value is -1.93. The van der Waals surface area contributed by atoms with Gasteiger partial charge in [-0.3, -0.25) is 9.59 Å². The van der Waals surface area contributed by atoms with Crippen molar-refractivity contribution in [1.29, 1.82) is 0 Å². The SMILES string of the molecule is CC(=O)N1CCc2cc(S(=O)(=O)N[C@H]3CCCCNC3=O)ccc21. The molecule has 2 N–H and O–H groups in total. The van der Waals surface area contributed by atoms with Crippen molar-refractivity contribution in [2.24, 2.45) is 0 Å². The molecule has 1 fully saturated rings. The Kier molecular flexibility index (Phi) is 4.60. The Morgan fingerprint density at radius 2 is 2.12 bits per heavy atom. The summed E-state index contributed by atoms with van der Waals surface area (Å²) in [5, 5.41) is 2.72. The predicted molar refractivity (Wildman–Crippen MR) is 89.1 cm³/mol. The van der Waals surface area contributed by atoms with Gasteiger partial charge >= 0.3 is 0 Å². The van der Waals surface area contributed by atoms with Gasteiger partial charge in [0.25, 0.3) is 0 Å². The monoisotopic (exact) mass is 351 g/mol. The van der Waals surface area contributed by atoms with E-state index in [1.807, 2.05) is 0 Å². The maximum Gasteiger partial charge on any atom is 0.241 e. The molecule has 0 saturated carbocycles. The summed E-state index contributed by atoms with van der Waals surface area (Å²) in [5.41, 5.74) is 1.59. The van der Waals surface area contributed by atoms with E-state index in [0.29, 0.717) is 25.9 Å². The molecule has 0 aliphatic carbocycles. The number of benzene rings is 1. The van der Waals surface area contributed by atoms with E-state index in [4.69, 9.17) is 0 Å². The topological polar surface area (TPSA) is 95.6 Å². The van der Waals surface area contributed by atoms with E-state index in [1.54, 1.807) is 17.0 Å². The van der Waals surface area contributed by atoms with E-state index >= 15 is 0 Å². The van der Waals surface area contributed by atoms with Crippen LogP contribution in [0.3, 0.4) is 0 Å². The standard InChI is InChI=1S/C16H21N3O4S/c1-11(20)19-9-7-12-10-13(5-6-15(12)19)24(22,23)18-14-4-2-3-8-17-16(14)21/h5-6,10,14,18H,2-4,7-9H2,1H3,(H,17,21)/t14-/m0/s1. The number of fused-ring (bicyclic) bond motifs is 1. The Morgan fingerprint density at radius 1 is 1.33 bits per heavy atom. The Bertz CT molecular complexity index is 776. The number of rotatable bonds is 3. The molecular formula is C16H21N3O4S. The lowest BCUT2D eigenvalue weighted by molar-refractivity contribution is -0.122. The predicted octanol–water partition coefficient (Wildman–Crippen LogP) is 0.543. The first-order valence-electron chi connectivity index (χ1n) is 8.09. The highest BCUT2D eigenvalue weighted by Gasteiger charge is 2.29. The quantitative estimate of drug-likeness (QED) is 0.831. The second-order valence-electron chi connectivity index (χ2n) is 6.17. The molecule has 0 unspecified atom stereocenters. The summed E-state index contributed by atoms with van der Waals surface area (Å²) in [6.45, 7) is 2.63. The minimum Gasteiger partial charge on any atom is -0.355 e. The summed E-state index contributed by atoms with van der Waals surface area (Å²) in [5.74, 6) is -0.336. The van der Waals surface area contributed by atoms with Crippen molar-refractivity contribution in [1.82, 2.24) is 10.0 Å². The molecule has 1 aromatic carbocycles. The first-order chi connectivity index (χ1) is 11.4. The average Bonchev–Trinajstić information content (AvgIpc) is 2.86. The molecule has 1 saturated heterocycles. The van der Waals surface area contributed by atoms with Gasteiger partial charge < -0.3 is 10.2 Å². The molecule has 2 aliphatic rings. The molecule has 0 aromatic heterocycles. The fourth-order valence-electron chi connectivity index (χ4n) is 3.18. The highest BCUT2D eigenvalue weighted by molar-refractivity contribution is 7.89. The van der Waals surface area contributed by atoms with Crippen molar-refractivity contribution in [3.8, 4) is 0 Å². The summed E-state index contributed by atoms with van der Waals surface area (Å²) in [6, 6.07) is 4.00. The second-order valence-corrected chi connectivity index (χ2v) is 7.89. The number of nitrogens with one attached hydrogen (secondary N) is 2. The molecule has 0 radical (unpaired) electrons. The van der Waals surface area contributed by atoms with Crippen LogP contribution in [0.4, 0.5) is 5.69 Å². The van der Waals surface area contributed by atoms with Crippen molar-refractivity contribution in [2.75, 3.05) is 18.0 Å². The van der Waals surface area contributed by atoms with E-state index in [9.17, 15) is 18.0 Å². The number of nitrogens with zero attached hydrogens (tertiary/aromatic N) is 1. The van der Waals surface area contributed by atoms with Crippen LogP contribution in [-0.2, 0) is 26.0 Å². The zero-order chi connectivity index (χ0) is 17.3. The average molecular weight is 351 g/mol. The van der Waals surface area contributed by atoms with Gasteiger partial charge in [-0.1, -0.05) is 0 Å². The number of carbonyl (C=O) groups is 2. The first kappa shape index (κ1) is 16.9. The number of hydrogen-bond donors (Lipinski definition) is 2. The summed E-state index contributed by atoms with van der Waals surface area (Å²) in [6.07, 6.45) is 2.77. The van der Waals surface area contributed by atoms with Gasteiger partial charge in [0.2, 0.25) is 21.8 Å². The van der Waals surface area contributed by atoms with Gasteiger partial charge in [-0.15, -0.1) is 0 Å². The van der Waals surface area contributed by atoms with Gasteiger partial charge in [-0.25, -0.2) is 8.42 Å². The van der Waals surface area contributed by atoms with Gasteiger partial charge in [0, 0.05) is 25.7 Å². The second kappa shape index (κ2) is 6.52. The lowest BCUT2D eigenvalue weighted by Gasteiger charge is -2.17. The highest BCUT2D eigenvalue weighted by Crippen LogP contribution is 2.30. The highest BCUT2D eigenvalue weighted by atomic mass is 32.2. The smallest absolute Gasteiger partial charge is 0.241 e. The van der Waals surface area contributed by atoms with Crippen LogP contribution in [0.2, 0.25) is 0 Å². The van der Waals surface area contributed by atoms with Crippen LogP contribution in [0, 0.1) is 0 Å². The van der Waals surface area contributed by atoms with Crippen molar-refractivity contribution < 1.29 is 18.0 Å². The number of anilines is 1. The Balaban J connectivity index is 1.83. The Morgan fingerprint density at radius 3 is 2.88 bits per heavy atom. The molecular weight excluding hydrogens is 330 g/mol. The molecule has 2 heterocycles. The van der Waals surface area contributed by atoms with E-state index in [0.717, 1.165) is 24.1 Å². The van der Waals surface area contributed by atoms with E-state index in [-0.39, 0.29) is 16.7 Å². The van der Waals surface area contributed by atoms with Crippen LogP contribution in [0.15, 0.2) is 23.1 Å². The van der Waals surface area contributed by atoms with Crippen molar-refractivity contribution in [3.63, 3.8) is 0 Å². The van der Waals surface area contributed by atoms with E-state index in [1.165, 1.54) is 13.0 Å². The summed E-state index contributed by atoms with van der Waals surface area (Å²) in [4.78, 5) is 25.3. The van der Waals surface area contributed by atoms with Crippen molar-refractivity contribution in [3.05, 3.63) is 23.8 Å². The van der Waals surface area contributed by atoms with Crippen LogP contribution >= 0.6 is 0 Å². The molecule has 24 heavy (non-hydrogen) atoms. The number of hydrogen-bond acceptors (Lipinski definition) is 4. The maximum absolute atomic E-state index is 12.6. The molecule has 8 heteroatoms. The minimum absolute atomic E-state index is 0.0578. The lowest BCUT2D eigenvalue weighted by atomic mass is 10.1. The third kappa shape index (κ3) is 3.29. The Labute approximate surface area is 141 Å². The molecule has 2 aliphatic heterocycles. The fraction of sp³-hybridized carbons (Fsp3) is 0.500. The fourth-order valence-corrected chi connectivity index (χ4v) is 4.46. The van der Waals surface area contributed by atoms with Crippen LogP contribution in [0.25, 0.3) is 0 Å². The molecule has 2 amide bonds. The number of amides is 2. The minimum atomic E-state index is -3.78. The third-order valence-corrected chi connectivity index (χ3v) is 5.94. The number of carbonyl (C=O) groups excluding carboxylic acids is 2. The summed E-state index contributed by atoms with van der Waals surface area (Å²) in [7, 11) is -3.78. The van der Waals surface area contributed by atoms with Gasteiger partial charge in [-0.2, -0.15) is 4.72 Å². The largest absolute Gasteiger partial charge is 0.355 e. The van der Waals surface area contributed by atoms with Crippen LogP contribution in [0.1, 0.15) is 31.7 Å². The molecule has 0 spiro atoms. The molecule has 7 nitrogen and oxygen atoms in total. The molecule has 130 valence electrons. The van der Waals surface area contributed by atoms with Crippen LogP contribution < -0.4 is 14.9 Å². The zero-order valence-electron chi connectivity index (χ0n) is 13.5. The number of sulfonamides is 1. The third-order valence-electron chi connectivity index (χ3n) is 4.47. The molecule has 3 rings (SSSR count). The summed E-state index contributed by atoms with van der Waals surface area (Å²) >= 11 is 0. The van der Waals surface area contributed by atoms with Gasteiger partial charge in [0.15, 0.2) is 0 Å². The zero-order valence-corrected chi connectivity index (χ0v) is 14.4. The van der Waals surface area contributed by atoms with Crippen LogP contribution in [-0.4, -0.2) is 39.4 Å². The molecule has 0 bridgehead atoms. The van der Waals surface area contributed by atoms with Gasteiger partial charge in [-0.05, 0) is 49.4 Å². The lowest BCUT2D eigenvalue weighted by Crippen LogP contribution is -2.45. The molecule has 1 aromatic rings.